The number of hydrogen-bond acceptors (Lipinski definition) is 5. The fourth-order valence-corrected chi connectivity index (χ4v) is 2.41. The summed E-state index contributed by atoms with van der Waals surface area (Å²) in [5.41, 5.74) is 0. The van der Waals surface area contributed by atoms with Gasteiger partial charge < -0.3 is 9.47 Å². The quantitative estimate of drug-likeness (QED) is 0.688. The van der Waals surface area contributed by atoms with Crippen molar-refractivity contribution in [1.29, 1.82) is 0 Å². The lowest BCUT2D eigenvalue weighted by atomic mass is 10.1. The molecule has 1 rings (SSSR count). The van der Waals surface area contributed by atoms with Crippen molar-refractivity contribution in [3.8, 4) is 0 Å². The van der Waals surface area contributed by atoms with E-state index in [2.05, 4.69) is 0 Å². The molecule has 0 radical (unpaired) electrons. The van der Waals surface area contributed by atoms with Crippen LogP contribution in [-0.4, -0.2) is 49.2 Å². The molecule has 0 aromatic carbocycles. The van der Waals surface area contributed by atoms with Crippen LogP contribution in [0.1, 0.15) is 33.1 Å². The van der Waals surface area contributed by atoms with Crippen LogP contribution in [0.25, 0.3) is 0 Å². The minimum absolute atomic E-state index is 0.158. The van der Waals surface area contributed by atoms with Crippen molar-refractivity contribution in [1.82, 2.24) is 4.90 Å². The Balaban J connectivity index is 2.89. The Hall–Kier alpha value is -1.10. The van der Waals surface area contributed by atoms with Gasteiger partial charge in [0, 0.05) is 6.04 Å². The van der Waals surface area contributed by atoms with Gasteiger partial charge in [-0.05, 0) is 26.2 Å². The number of hydrogen-bond donors (Lipinski definition) is 0. The van der Waals surface area contributed by atoms with Crippen LogP contribution in [-0.2, 0) is 19.1 Å². The van der Waals surface area contributed by atoms with Gasteiger partial charge >= 0.3 is 11.9 Å². The van der Waals surface area contributed by atoms with E-state index in [1.165, 1.54) is 14.2 Å². The van der Waals surface area contributed by atoms with Gasteiger partial charge in [0.15, 0.2) is 0 Å². The Morgan fingerprint density at radius 2 is 1.59 bits per heavy atom. The summed E-state index contributed by atoms with van der Waals surface area (Å²) in [6.45, 7) is 4.04. The van der Waals surface area contributed by atoms with E-state index >= 15 is 0 Å². The highest BCUT2D eigenvalue weighted by molar-refractivity contribution is 5.81. The van der Waals surface area contributed by atoms with Crippen LogP contribution in [0.4, 0.5) is 0 Å². The van der Waals surface area contributed by atoms with Crippen LogP contribution in [0, 0.1) is 0 Å². The highest BCUT2D eigenvalue weighted by Gasteiger charge is 2.44. The summed E-state index contributed by atoms with van der Waals surface area (Å²) in [6, 6.07) is -0.483. The number of nitrogens with zero attached hydrogens (tertiary/aromatic N) is 1. The Morgan fingerprint density at radius 3 is 1.88 bits per heavy atom. The molecule has 0 bridgehead atoms. The molecule has 0 spiro atoms. The molecule has 1 aliphatic rings. The molecular formula is C12H21NO4. The predicted octanol–water partition coefficient (Wildman–Crippen LogP) is 0.964. The zero-order valence-electron chi connectivity index (χ0n) is 10.9. The number of carbonyl (C=O) groups excluding carboxylic acids is 2. The first-order chi connectivity index (χ1) is 8.06. The first-order valence-electron chi connectivity index (χ1n) is 5.99. The van der Waals surface area contributed by atoms with E-state index in [-0.39, 0.29) is 30.1 Å². The van der Waals surface area contributed by atoms with Crippen molar-refractivity contribution >= 4 is 11.9 Å². The highest BCUT2D eigenvalue weighted by Crippen LogP contribution is 2.29. The van der Waals surface area contributed by atoms with Gasteiger partial charge in [0.2, 0.25) is 0 Å². The average Bonchev–Trinajstić information content (AvgIpc) is 2.80. The molecule has 3 atom stereocenters. The van der Waals surface area contributed by atoms with Crippen LogP contribution in [0.15, 0.2) is 0 Å². The summed E-state index contributed by atoms with van der Waals surface area (Å²) in [7, 11) is 2.76. The molecule has 0 aromatic heterocycles. The topological polar surface area (TPSA) is 55.8 Å². The molecule has 3 unspecified atom stereocenters. The van der Waals surface area contributed by atoms with E-state index in [1.807, 2.05) is 18.7 Å². The molecule has 1 aliphatic heterocycles. The third-order valence-corrected chi connectivity index (χ3v) is 3.48. The largest absolute Gasteiger partial charge is 0.468 e. The van der Waals surface area contributed by atoms with Crippen molar-refractivity contribution in [2.45, 2.75) is 51.2 Å². The summed E-state index contributed by atoms with van der Waals surface area (Å²) in [6.07, 6.45) is 2.18. The summed E-state index contributed by atoms with van der Waals surface area (Å²) in [4.78, 5) is 25.3. The third kappa shape index (κ3) is 2.77. The minimum Gasteiger partial charge on any atom is -0.468 e. The van der Waals surface area contributed by atoms with E-state index < -0.39 is 0 Å². The molecule has 1 saturated heterocycles. The molecule has 1 fully saturated rings. The molecule has 98 valence electrons. The molecular weight excluding hydrogens is 222 g/mol. The van der Waals surface area contributed by atoms with Crippen LogP contribution in [0.2, 0.25) is 0 Å². The molecule has 0 amide bonds. The van der Waals surface area contributed by atoms with Gasteiger partial charge in [0.05, 0.1) is 14.2 Å². The fraction of sp³-hybridized carbons (Fsp3) is 0.833. The third-order valence-electron chi connectivity index (χ3n) is 3.48. The van der Waals surface area contributed by atoms with Crippen molar-refractivity contribution in [3.05, 3.63) is 0 Å². The van der Waals surface area contributed by atoms with Crippen molar-refractivity contribution in [2.75, 3.05) is 14.2 Å². The van der Waals surface area contributed by atoms with E-state index in [1.54, 1.807) is 0 Å². The second-order valence-electron chi connectivity index (χ2n) is 4.36. The van der Waals surface area contributed by atoms with Gasteiger partial charge in [-0.1, -0.05) is 6.92 Å². The summed E-state index contributed by atoms with van der Waals surface area (Å²) >= 11 is 0. The summed E-state index contributed by atoms with van der Waals surface area (Å²) in [5, 5.41) is 0. The Morgan fingerprint density at radius 1 is 1.18 bits per heavy atom. The van der Waals surface area contributed by atoms with Gasteiger partial charge in [-0.2, -0.15) is 0 Å². The smallest absolute Gasteiger partial charge is 0.323 e. The second-order valence-corrected chi connectivity index (χ2v) is 4.36. The molecule has 5 heteroatoms. The predicted molar refractivity (Wildman–Crippen MR) is 62.4 cm³/mol. The Kier molecular flexibility index (Phi) is 4.93. The van der Waals surface area contributed by atoms with Gasteiger partial charge in [-0.25, -0.2) is 0 Å². The van der Waals surface area contributed by atoms with Gasteiger partial charge in [0.25, 0.3) is 0 Å². The number of methoxy groups -OCH3 is 2. The first-order valence-corrected chi connectivity index (χ1v) is 5.99. The lowest BCUT2D eigenvalue weighted by molar-refractivity contribution is -0.152. The zero-order chi connectivity index (χ0) is 13.0. The maximum absolute atomic E-state index is 11.7. The number of carbonyl (C=O) groups is 2. The van der Waals surface area contributed by atoms with Crippen LogP contribution in [0.5, 0.6) is 0 Å². The van der Waals surface area contributed by atoms with Crippen molar-refractivity contribution in [2.24, 2.45) is 0 Å². The van der Waals surface area contributed by atoms with Gasteiger partial charge in [0.1, 0.15) is 12.1 Å². The Labute approximate surface area is 102 Å². The lowest BCUT2D eigenvalue weighted by Crippen LogP contribution is -2.49. The number of likely N-dealkylation sites (tertiary alicyclic amines) is 1. The molecule has 17 heavy (non-hydrogen) atoms. The number of ether oxygens (including phenoxy) is 2. The maximum Gasteiger partial charge on any atom is 0.323 e. The lowest BCUT2D eigenvalue weighted by Gasteiger charge is -2.32. The Bertz CT molecular complexity index is 268. The average molecular weight is 243 g/mol. The monoisotopic (exact) mass is 243 g/mol. The molecule has 0 aromatic rings. The SMILES string of the molecule is CCC(C)N1C(C(=O)OC)CCC1C(=O)OC. The van der Waals surface area contributed by atoms with E-state index in [0.717, 1.165) is 6.42 Å². The van der Waals surface area contributed by atoms with Crippen molar-refractivity contribution < 1.29 is 19.1 Å². The van der Waals surface area contributed by atoms with E-state index in [0.29, 0.717) is 12.8 Å². The molecule has 0 aliphatic carbocycles. The van der Waals surface area contributed by atoms with E-state index in [4.69, 9.17) is 9.47 Å². The second kappa shape index (κ2) is 6.00. The zero-order valence-corrected chi connectivity index (χ0v) is 10.9. The highest BCUT2D eigenvalue weighted by atomic mass is 16.5. The fourth-order valence-electron chi connectivity index (χ4n) is 2.41. The van der Waals surface area contributed by atoms with Crippen LogP contribution < -0.4 is 0 Å². The van der Waals surface area contributed by atoms with Crippen molar-refractivity contribution in [3.63, 3.8) is 0 Å². The summed E-state index contributed by atoms with van der Waals surface area (Å²) < 4.78 is 9.58. The number of rotatable bonds is 4. The molecule has 0 saturated carbocycles. The molecule has 5 nitrogen and oxygen atoms in total. The normalized spacial score (nSPS) is 26.6. The summed E-state index contributed by atoms with van der Waals surface area (Å²) in [5.74, 6) is -0.534. The van der Waals surface area contributed by atoms with Gasteiger partial charge in [-0.3, -0.25) is 14.5 Å². The van der Waals surface area contributed by atoms with Crippen LogP contribution >= 0.6 is 0 Å². The first kappa shape index (κ1) is 14.0. The standard InChI is InChI=1S/C12H21NO4/c1-5-8(2)13-9(11(14)16-3)6-7-10(13)12(15)17-4/h8-10H,5-7H2,1-4H3. The van der Waals surface area contributed by atoms with Gasteiger partial charge in [-0.15, -0.1) is 0 Å². The van der Waals surface area contributed by atoms with Crippen LogP contribution in [0.3, 0.4) is 0 Å². The molecule has 0 N–H and O–H groups in total. The number of esters is 2. The van der Waals surface area contributed by atoms with E-state index in [9.17, 15) is 9.59 Å². The maximum atomic E-state index is 11.7. The minimum atomic E-state index is -0.320. The molecule has 1 heterocycles.